The van der Waals surface area contributed by atoms with Crippen LogP contribution in [0.2, 0.25) is 0 Å². The van der Waals surface area contributed by atoms with E-state index in [2.05, 4.69) is 30.9 Å². The second kappa shape index (κ2) is 5.28. The molecule has 1 aliphatic rings. The summed E-state index contributed by atoms with van der Waals surface area (Å²) in [5.41, 5.74) is 0. The van der Waals surface area contributed by atoms with Crippen LogP contribution in [0.1, 0.15) is 20.3 Å². The molecule has 62 valence electrons. The lowest BCUT2D eigenvalue weighted by atomic mass is 10.1. The summed E-state index contributed by atoms with van der Waals surface area (Å²) in [7, 11) is 0. The fourth-order valence-corrected chi connectivity index (χ4v) is 2.54. The highest BCUT2D eigenvalue weighted by molar-refractivity contribution is 7.99. The highest BCUT2D eigenvalue weighted by atomic mass is 35.5. The van der Waals surface area contributed by atoms with Crippen LogP contribution in [0.25, 0.3) is 0 Å². The zero-order valence-electron chi connectivity index (χ0n) is 6.64. The molecule has 0 saturated carbocycles. The van der Waals surface area contributed by atoms with E-state index in [0.29, 0.717) is 0 Å². The average molecular weight is 182 g/mol. The molecular weight excluding hydrogens is 166 g/mol. The van der Waals surface area contributed by atoms with Crippen molar-refractivity contribution in [2.75, 3.05) is 12.3 Å². The van der Waals surface area contributed by atoms with E-state index < -0.39 is 0 Å². The number of hydrogen-bond acceptors (Lipinski definition) is 1. The number of quaternary nitrogens is 1. The maximum absolute atomic E-state index is 2.49. The topological polar surface area (TPSA) is 16.6 Å². The van der Waals surface area contributed by atoms with Gasteiger partial charge in [0.2, 0.25) is 0 Å². The summed E-state index contributed by atoms with van der Waals surface area (Å²) in [5.74, 6) is 1.34. The van der Waals surface area contributed by atoms with Crippen molar-refractivity contribution in [2.45, 2.75) is 31.6 Å². The van der Waals surface area contributed by atoms with Crippen molar-refractivity contribution in [3.63, 3.8) is 0 Å². The van der Waals surface area contributed by atoms with Gasteiger partial charge in [-0.25, -0.2) is 0 Å². The molecule has 1 fully saturated rings. The molecule has 2 N–H and O–H groups in total. The zero-order chi connectivity index (χ0) is 6.69. The molecule has 1 rings (SSSR count). The van der Waals surface area contributed by atoms with Gasteiger partial charge in [-0.1, -0.05) is 6.92 Å². The van der Waals surface area contributed by atoms with Gasteiger partial charge >= 0.3 is 0 Å². The first-order valence-electron chi connectivity index (χ1n) is 3.79. The Morgan fingerprint density at radius 1 is 1.60 bits per heavy atom. The smallest absolute Gasteiger partial charge is 0.0974 e. The monoisotopic (exact) mass is 181 g/mol. The molecule has 0 spiro atoms. The van der Waals surface area contributed by atoms with Gasteiger partial charge in [-0.3, -0.25) is 0 Å². The molecule has 1 saturated heterocycles. The van der Waals surface area contributed by atoms with Crippen LogP contribution in [-0.2, 0) is 0 Å². The van der Waals surface area contributed by atoms with Gasteiger partial charge in [0, 0.05) is 5.75 Å². The molecule has 1 aliphatic heterocycles. The molecule has 1 unspecified atom stereocenters. The molecule has 0 aliphatic carbocycles. The van der Waals surface area contributed by atoms with Gasteiger partial charge in [-0.15, -0.1) is 11.8 Å². The van der Waals surface area contributed by atoms with Crippen molar-refractivity contribution in [3.05, 3.63) is 0 Å². The molecule has 10 heavy (non-hydrogen) atoms. The van der Waals surface area contributed by atoms with E-state index in [-0.39, 0.29) is 12.4 Å². The summed E-state index contributed by atoms with van der Waals surface area (Å²) in [4.78, 5) is 0. The highest BCUT2D eigenvalue weighted by Crippen LogP contribution is 2.15. The fourth-order valence-electron chi connectivity index (χ4n) is 1.35. The molecular formula is C7H16ClNS. The largest absolute Gasteiger partial charge is 1.00 e. The van der Waals surface area contributed by atoms with Crippen LogP contribution in [0.15, 0.2) is 0 Å². The molecule has 0 bridgehead atoms. The van der Waals surface area contributed by atoms with Crippen molar-refractivity contribution in [1.29, 1.82) is 0 Å². The SMILES string of the molecule is CCC1[NH2+]CCS[C@@H]1C.[Cl-]. The van der Waals surface area contributed by atoms with Gasteiger partial charge in [0.15, 0.2) is 0 Å². The number of thioether (sulfide) groups is 1. The van der Waals surface area contributed by atoms with E-state index in [1.807, 2.05) is 0 Å². The van der Waals surface area contributed by atoms with Crippen molar-refractivity contribution >= 4 is 11.8 Å². The first kappa shape index (κ1) is 10.6. The summed E-state index contributed by atoms with van der Waals surface area (Å²) in [6, 6.07) is 0.892. The van der Waals surface area contributed by atoms with Crippen LogP contribution in [0.5, 0.6) is 0 Å². The van der Waals surface area contributed by atoms with Crippen LogP contribution >= 0.6 is 11.8 Å². The van der Waals surface area contributed by atoms with Crippen molar-refractivity contribution in [1.82, 2.24) is 0 Å². The lowest BCUT2D eigenvalue weighted by Crippen LogP contribution is -3.00. The summed E-state index contributed by atoms with van der Waals surface area (Å²) in [6.45, 7) is 5.95. The van der Waals surface area contributed by atoms with E-state index in [1.54, 1.807) is 0 Å². The van der Waals surface area contributed by atoms with Crippen molar-refractivity contribution in [2.24, 2.45) is 0 Å². The second-order valence-corrected chi connectivity index (χ2v) is 4.16. The molecule has 2 atom stereocenters. The first-order valence-corrected chi connectivity index (χ1v) is 4.84. The molecule has 0 aromatic carbocycles. The number of halogens is 1. The molecule has 1 nitrogen and oxygen atoms in total. The van der Waals surface area contributed by atoms with Crippen LogP contribution in [0.3, 0.4) is 0 Å². The molecule has 1 heterocycles. The molecule has 0 radical (unpaired) electrons. The third-order valence-electron chi connectivity index (χ3n) is 2.04. The Labute approximate surface area is 73.7 Å². The third kappa shape index (κ3) is 2.69. The minimum absolute atomic E-state index is 0. The van der Waals surface area contributed by atoms with E-state index >= 15 is 0 Å². The third-order valence-corrected chi connectivity index (χ3v) is 3.39. The minimum atomic E-state index is 0. The normalized spacial score (nSPS) is 33.0. The highest BCUT2D eigenvalue weighted by Gasteiger charge is 2.22. The fraction of sp³-hybridized carbons (Fsp3) is 1.00. The van der Waals surface area contributed by atoms with Crippen LogP contribution in [0, 0.1) is 0 Å². The maximum atomic E-state index is 2.49. The van der Waals surface area contributed by atoms with Gasteiger partial charge in [0.05, 0.1) is 17.8 Å². The molecule has 0 aromatic rings. The van der Waals surface area contributed by atoms with Gasteiger partial charge in [0.25, 0.3) is 0 Å². The van der Waals surface area contributed by atoms with Gasteiger partial charge in [-0.05, 0) is 13.3 Å². The Hall–Kier alpha value is 0.600. The van der Waals surface area contributed by atoms with Crippen LogP contribution in [0.4, 0.5) is 0 Å². The maximum Gasteiger partial charge on any atom is 0.0974 e. The predicted molar refractivity (Wildman–Crippen MR) is 42.8 cm³/mol. The first-order chi connectivity index (χ1) is 4.34. The summed E-state index contributed by atoms with van der Waals surface area (Å²) >= 11 is 2.12. The Kier molecular flexibility index (Phi) is 5.59. The Balaban J connectivity index is 0.000000810. The standard InChI is InChI=1S/C7H15NS.ClH/c1-3-7-6(2)9-5-4-8-7;/h6-8H,3-5H2,1-2H3;1H/t6-,7?;/m1./s1. The lowest BCUT2D eigenvalue weighted by Gasteiger charge is -2.24. The van der Waals surface area contributed by atoms with E-state index in [9.17, 15) is 0 Å². The van der Waals surface area contributed by atoms with Crippen LogP contribution in [-0.4, -0.2) is 23.6 Å². The van der Waals surface area contributed by atoms with Crippen LogP contribution < -0.4 is 17.7 Å². The van der Waals surface area contributed by atoms with E-state index in [4.69, 9.17) is 0 Å². The number of rotatable bonds is 1. The predicted octanol–water partition coefficient (Wildman–Crippen LogP) is -2.53. The van der Waals surface area contributed by atoms with Crippen molar-refractivity contribution < 1.29 is 17.7 Å². The average Bonchev–Trinajstić information content (AvgIpc) is 1.89. The lowest BCUT2D eigenvalue weighted by molar-refractivity contribution is -0.687. The molecule has 0 aromatic heterocycles. The quantitative estimate of drug-likeness (QED) is 0.472. The Bertz CT molecular complexity index is 89.7. The van der Waals surface area contributed by atoms with Gasteiger partial charge in [-0.2, -0.15) is 0 Å². The molecule has 3 heteroatoms. The zero-order valence-corrected chi connectivity index (χ0v) is 8.21. The Morgan fingerprint density at radius 3 is 2.70 bits per heavy atom. The second-order valence-electron chi connectivity index (χ2n) is 2.67. The molecule has 0 amide bonds. The summed E-state index contributed by atoms with van der Waals surface area (Å²) < 4.78 is 0. The minimum Gasteiger partial charge on any atom is -1.00 e. The Morgan fingerprint density at radius 2 is 2.30 bits per heavy atom. The van der Waals surface area contributed by atoms with E-state index in [1.165, 1.54) is 18.7 Å². The number of nitrogens with two attached hydrogens (primary N) is 1. The number of hydrogen-bond donors (Lipinski definition) is 1. The van der Waals surface area contributed by atoms with E-state index in [0.717, 1.165) is 11.3 Å². The summed E-state index contributed by atoms with van der Waals surface area (Å²) in [5, 5.41) is 3.37. The van der Waals surface area contributed by atoms with Gasteiger partial charge in [0.1, 0.15) is 0 Å². The summed E-state index contributed by atoms with van der Waals surface area (Å²) in [6.07, 6.45) is 1.33. The van der Waals surface area contributed by atoms with Crippen molar-refractivity contribution in [3.8, 4) is 0 Å². The van der Waals surface area contributed by atoms with Gasteiger partial charge < -0.3 is 17.7 Å².